The van der Waals surface area contributed by atoms with Crippen molar-refractivity contribution < 1.29 is 19.0 Å². The van der Waals surface area contributed by atoms with E-state index >= 15 is 0 Å². The van der Waals surface area contributed by atoms with E-state index < -0.39 is 17.0 Å². The van der Waals surface area contributed by atoms with Crippen molar-refractivity contribution in [2.45, 2.75) is 25.3 Å². The molecule has 0 bridgehead atoms. The van der Waals surface area contributed by atoms with E-state index in [0.717, 1.165) is 17.8 Å². The van der Waals surface area contributed by atoms with Gasteiger partial charge in [-0.15, -0.1) is 0 Å². The molecule has 28 heavy (non-hydrogen) atoms. The predicted octanol–water partition coefficient (Wildman–Crippen LogP) is 1.03. The summed E-state index contributed by atoms with van der Waals surface area (Å²) in [6.07, 6.45) is 5.15. The van der Waals surface area contributed by atoms with Crippen LogP contribution >= 0.6 is 0 Å². The van der Waals surface area contributed by atoms with Gasteiger partial charge in [0.1, 0.15) is 23.6 Å². The van der Waals surface area contributed by atoms with Gasteiger partial charge in [0, 0.05) is 36.1 Å². The maximum atomic E-state index is 13.8. The number of hydrogen-bond acceptors (Lipinski definition) is 6. The fraction of sp³-hybridized carbons (Fsp3) is 0.222. The second-order valence-corrected chi connectivity index (χ2v) is 7.11. The van der Waals surface area contributed by atoms with Crippen LogP contribution in [0, 0.1) is 5.82 Å². The molecule has 0 atom stereocenters. The van der Waals surface area contributed by atoms with Crippen LogP contribution in [0.5, 0.6) is 11.5 Å². The van der Waals surface area contributed by atoms with E-state index in [4.69, 9.17) is 4.74 Å². The van der Waals surface area contributed by atoms with E-state index in [9.17, 15) is 14.3 Å². The lowest BCUT2D eigenvalue weighted by molar-refractivity contribution is 0.111. The van der Waals surface area contributed by atoms with Gasteiger partial charge in [0.2, 0.25) is 0 Å². The number of phenolic OH excluding ortho intramolecular Hbond substituents is 1. The monoisotopic (exact) mass is 380 g/mol. The highest BCUT2D eigenvalue weighted by atomic mass is 19.1. The zero-order valence-electron chi connectivity index (χ0n) is 16.0. The molecule has 0 radical (unpaired) electrons. The summed E-state index contributed by atoms with van der Waals surface area (Å²) in [5.74, 6) is -1.26. The molecule has 0 saturated carbocycles. The first kappa shape index (κ1) is 19.6. The van der Waals surface area contributed by atoms with Crippen molar-refractivity contribution in [2.24, 2.45) is 0 Å². The van der Waals surface area contributed by atoms with E-state index in [1.807, 2.05) is 24.6 Å². The van der Waals surface area contributed by atoms with Gasteiger partial charge in [-0.05, 0) is 19.9 Å². The minimum absolute atomic E-state index is 0.0651. The fourth-order valence-electron chi connectivity index (χ4n) is 3.00. The van der Waals surface area contributed by atoms with Gasteiger partial charge in [0.05, 0.1) is 22.4 Å². The Morgan fingerprint density at radius 1 is 1.36 bits per heavy atom. The van der Waals surface area contributed by atoms with Crippen LogP contribution in [0.1, 0.15) is 35.8 Å². The van der Waals surface area contributed by atoms with Gasteiger partial charge in [-0.1, -0.05) is 0 Å². The fourth-order valence-corrected chi connectivity index (χ4v) is 3.00. The Kier molecular flexibility index (Phi) is 5.22. The quantitative estimate of drug-likeness (QED) is 0.508. The van der Waals surface area contributed by atoms with Gasteiger partial charge in [0.25, 0.3) is 0 Å². The second-order valence-electron chi connectivity index (χ2n) is 7.11. The summed E-state index contributed by atoms with van der Waals surface area (Å²) in [4.78, 5) is 19.9. The first-order valence-corrected chi connectivity index (χ1v) is 8.75. The predicted molar refractivity (Wildman–Crippen MR) is 106 cm³/mol. The molecule has 0 unspecified atom stereocenters. The molecule has 0 aliphatic carbocycles. The van der Waals surface area contributed by atoms with Crippen LogP contribution in [0.25, 0.3) is 11.4 Å². The first-order chi connectivity index (χ1) is 13.2. The number of ether oxygens (including phenoxy) is 1. The van der Waals surface area contributed by atoms with Crippen LogP contribution in [-0.4, -0.2) is 46.8 Å². The summed E-state index contributed by atoms with van der Waals surface area (Å²) < 4.78 is 21.6. The van der Waals surface area contributed by atoms with Crippen LogP contribution in [0.2, 0.25) is 0 Å². The molecule has 0 fully saturated rings. The molecular weight excluding hydrogens is 361 g/mol. The molecular formula is C18H19B2FN4O3. The molecule has 0 spiro atoms. The molecule has 0 aliphatic heterocycles. The number of benzene rings is 1. The number of carbonyl (C=O) groups excluding carboxylic acids is 1. The Bertz CT molecular complexity index is 1020. The number of carbonyl (C=O) groups is 1. The summed E-state index contributed by atoms with van der Waals surface area (Å²) in [6.45, 7) is 4.01. The topological polar surface area (TPSA) is 90.1 Å². The Morgan fingerprint density at radius 2 is 2.11 bits per heavy atom. The number of hydrogen-bond donors (Lipinski definition) is 1. The lowest BCUT2D eigenvalue weighted by Gasteiger charge is -2.29. The molecule has 7 nitrogen and oxygen atoms in total. The molecule has 0 amide bonds. The molecule has 0 aliphatic rings. The summed E-state index contributed by atoms with van der Waals surface area (Å²) in [6, 6.07) is 3.88. The summed E-state index contributed by atoms with van der Waals surface area (Å²) in [5, 5.41) is 13.1. The summed E-state index contributed by atoms with van der Waals surface area (Å²) >= 11 is 0. The smallest absolute Gasteiger partial charge is 0.157 e. The van der Waals surface area contributed by atoms with E-state index in [1.54, 1.807) is 28.1 Å². The van der Waals surface area contributed by atoms with E-state index in [0.29, 0.717) is 17.5 Å². The number of aromatic hydroxyl groups is 1. The van der Waals surface area contributed by atoms with Crippen molar-refractivity contribution in [2.75, 3.05) is 0 Å². The van der Waals surface area contributed by atoms with Crippen molar-refractivity contribution in [3.63, 3.8) is 0 Å². The third-order valence-corrected chi connectivity index (χ3v) is 4.33. The van der Waals surface area contributed by atoms with Crippen LogP contribution < -0.4 is 4.74 Å². The number of halogens is 1. The van der Waals surface area contributed by atoms with Crippen LogP contribution in [0.3, 0.4) is 0 Å². The molecule has 2 heterocycles. The molecule has 1 aromatic carbocycles. The average molecular weight is 380 g/mol. The third kappa shape index (κ3) is 3.62. The van der Waals surface area contributed by atoms with Crippen LogP contribution in [-0.2, 0) is 5.40 Å². The van der Waals surface area contributed by atoms with Crippen molar-refractivity contribution in [3.8, 4) is 22.9 Å². The van der Waals surface area contributed by atoms with Gasteiger partial charge < -0.3 is 9.84 Å². The van der Waals surface area contributed by atoms with Crippen molar-refractivity contribution in [1.29, 1.82) is 0 Å². The SMILES string of the molecule is BC(B)(Oc1cc(F)cc(O)c1C=O)c1cncnc1-c1ccnn1C(C)C. The van der Waals surface area contributed by atoms with Gasteiger partial charge >= 0.3 is 0 Å². The minimum atomic E-state index is -1.04. The zero-order valence-corrected chi connectivity index (χ0v) is 16.0. The number of nitrogens with zero attached hydrogens (tertiary/aromatic N) is 4. The molecule has 142 valence electrons. The lowest BCUT2D eigenvalue weighted by atomic mass is 9.60. The summed E-state index contributed by atoms with van der Waals surface area (Å²) in [5.41, 5.74) is 1.89. The van der Waals surface area contributed by atoms with Gasteiger partial charge in [0.15, 0.2) is 22.0 Å². The number of aromatic nitrogens is 4. The molecule has 1 N–H and O–H groups in total. The zero-order chi connectivity index (χ0) is 20.5. The highest BCUT2D eigenvalue weighted by molar-refractivity contribution is 6.39. The number of aldehydes is 1. The van der Waals surface area contributed by atoms with Gasteiger partial charge in [-0.25, -0.2) is 14.4 Å². The normalized spacial score (nSPS) is 11.6. The molecule has 3 aromatic rings. The first-order valence-electron chi connectivity index (χ1n) is 8.75. The van der Waals surface area contributed by atoms with Crippen LogP contribution in [0.4, 0.5) is 4.39 Å². The Labute approximate surface area is 163 Å². The van der Waals surface area contributed by atoms with Crippen molar-refractivity contribution in [3.05, 3.63) is 53.9 Å². The van der Waals surface area contributed by atoms with E-state index in [2.05, 4.69) is 15.1 Å². The highest BCUT2D eigenvalue weighted by Crippen LogP contribution is 2.34. The number of phenols is 1. The Hall–Kier alpha value is -3.16. The van der Waals surface area contributed by atoms with Crippen molar-refractivity contribution >= 4 is 22.0 Å². The maximum Gasteiger partial charge on any atom is 0.157 e. The Morgan fingerprint density at radius 3 is 2.79 bits per heavy atom. The van der Waals surface area contributed by atoms with Crippen molar-refractivity contribution in [1.82, 2.24) is 19.7 Å². The Balaban J connectivity index is 2.10. The average Bonchev–Trinajstić information content (AvgIpc) is 3.11. The number of rotatable bonds is 6. The van der Waals surface area contributed by atoms with E-state index in [1.165, 1.54) is 6.33 Å². The maximum absolute atomic E-state index is 13.8. The van der Waals surface area contributed by atoms with Crippen LogP contribution in [0.15, 0.2) is 36.9 Å². The standard InChI is InChI=1S/C18H19B2FN4O3/c1-10(2)25-14(3-4-24-25)17-13(7-22-9-23-17)18(19,20)28-16-6-11(21)5-15(27)12(16)8-26/h3-10,27H,19-20H2,1-2H3. The highest BCUT2D eigenvalue weighted by Gasteiger charge is 2.30. The second kappa shape index (κ2) is 7.46. The molecule has 2 aromatic heterocycles. The van der Waals surface area contributed by atoms with Gasteiger partial charge in [-0.3, -0.25) is 9.48 Å². The van der Waals surface area contributed by atoms with Gasteiger partial charge in [-0.2, -0.15) is 5.10 Å². The molecule has 3 rings (SSSR count). The summed E-state index contributed by atoms with van der Waals surface area (Å²) in [7, 11) is 3.50. The minimum Gasteiger partial charge on any atom is -0.507 e. The lowest BCUT2D eigenvalue weighted by Crippen LogP contribution is -2.35. The molecule has 0 saturated heterocycles. The largest absolute Gasteiger partial charge is 0.507 e. The third-order valence-electron chi connectivity index (χ3n) is 4.33. The van der Waals surface area contributed by atoms with E-state index in [-0.39, 0.29) is 17.4 Å². The molecule has 10 heteroatoms.